The number of anilines is 1. The first kappa shape index (κ1) is 21.5. The molecule has 1 heterocycles. The predicted molar refractivity (Wildman–Crippen MR) is 118 cm³/mol. The molecule has 2 aromatic carbocycles. The summed E-state index contributed by atoms with van der Waals surface area (Å²) in [5, 5.41) is 3.94. The van der Waals surface area contributed by atoms with Crippen molar-refractivity contribution in [2.24, 2.45) is 5.92 Å². The molecule has 1 aliphatic heterocycles. The van der Waals surface area contributed by atoms with Crippen LogP contribution >= 0.6 is 23.2 Å². The Labute approximate surface area is 181 Å². The highest BCUT2D eigenvalue weighted by atomic mass is 35.5. The molecule has 1 fully saturated rings. The average molecular weight is 434 g/mol. The number of amides is 2. The van der Waals surface area contributed by atoms with E-state index >= 15 is 0 Å². The number of hydrogen-bond donors (Lipinski definition) is 1. The Morgan fingerprint density at radius 1 is 0.966 bits per heavy atom. The van der Waals surface area contributed by atoms with E-state index in [9.17, 15) is 9.59 Å². The zero-order chi connectivity index (χ0) is 21.0. The lowest BCUT2D eigenvalue weighted by Crippen LogP contribution is -2.56. The molecule has 0 bridgehead atoms. The lowest BCUT2D eigenvalue weighted by atomic mass is 10.0. The normalized spacial score (nSPS) is 15.3. The van der Waals surface area contributed by atoms with Crippen molar-refractivity contribution in [1.29, 1.82) is 0 Å². The third-order valence-corrected chi connectivity index (χ3v) is 5.67. The summed E-state index contributed by atoms with van der Waals surface area (Å²) < 4.78 is 0. The molecule has 1 unspecified atom stereocenters. The van der Waals surface area contributed by atoms with E-state index in [1.165, 1.54) is 0 Å². The van der Waals surface area contributed by atoms with Gasteiger partial charge in [-0.2, -0.15) is 0 Å². The van der Waals surface area contributed by atoms with E-state index in [2.05, 4.69) is 10.2 Å². The minimum absolute atomic E-state index is 0.0418. The van der Waals surface area contributed by atoms with Gasteiger partial charge >= 0.3 is 0 Å². The fourth-order valence-corrected chi connectivity index (χ4v) is 3.84. The Kier molecular flexibility index (Phi) is 7.04. The van der Waals surface area contributed by atoms with E-state index in [0.29, 0.717) is 28.7 Å². The van der Waals surface area contributed by atoms with Gasteiger partial charge in [-0.25, -0.2) is 0 Å². The third-order valence-electron chi connectivity index (χ3n) is 5.10. The first-order chi connectivity index (χ1) is 13.9. The van der Waals surface area contributed by atoms with Gasteiger partial charge in [0, 0.05) is 36.9 Å². The van der Waals surface area contributed by atoms with Crippen molar-refractivity contribution in [2.75, 3.05) is 31.1 Å². The molecule has 0 aromatic heterocycles. The molecule has 2 aromatic rings. The monoisotopic (exact) mass is 433 g/mol. The number of rotatable bonds is 5. The number of carbonyl (C=O) groups excluding carboxylic acids is 2. The van der Waals surface area contributed by atoms with Crippen molar-refractivity contribution in [3.05, 3.63) is 64.1 Å². The van der Waals surface area contributed by atoms with Crippen molar-refractivity contribution < 1.29 is 9.59 Å². The lowest BCUT2D eigenvalue weighted by Gasteiger charge is -2.38. The molecule has 0 spiro atoms. The van der Waals surface area contributed by atoms with Crippen molar-refractivity contribution in [3.63, 3.8) is 0 Å². The molecule has 29 heavy (non-hydrogen) atoms. The quantitative estimate of drug-likeness (QED) is 0.771. The van der Waals surface area contributed by atoms with Gasteiger partial charge in [-0.05, 0) is 36.2 Å². The molecule has 5 nitrogen and oxygen atoms in total. The van der Waals surface area contributed by atoms with Gasteiger partial charge in [-0.1, -0.05) is 55.2 Å². The molecule has 1 saturated heterocycles. The first-order valence-electron chi connectivity index (χ1n) is 9.71. The highest BCUT2D eigenvalue weighted by Crippen LogP contribution is 2.21. The summed E-state index contributed by atoms with van der Waals surface area (Å²) >= 11 is 12.2. The molecule has 0 aliphatic carbocycles. The summed E-state index contributed by atoms with van der Waals surface area (Å²) in [6.45, 7) is 6.48. The van der Waals surface area contributed by atoms with Crippen LogP contribution in [0.15, 0.2) is 48.5 Å². The summed E-state index contributed by atoms with van der Waals surface area (Å²) in [5.41, 5.74) is 1.43. The van der Waals surface area contributed by atoms with Gasteiger partial charge in [0.15, 0.2) is 0 Å². The van der Waals surface area contributed by atoms with E-state index in [1.54, 1.807) is 24.3 Å². The Hall–Kier alpha value is -2.24. The topological polar surface area (TPSA) is 52.7 Å². The Morgan fingerprint density at radius 2 is 1.66 bits per heavy atom. The number of benzene rings is 2. The highest BCUT2D eigenvalue weighted by molar-refractivity contribution is 6.33. The van der Waals surface area contributed by atoms with Crippen LogP contribution < -0.4 is 10.2 Å². The Morgan fingerprint density at radius 3 is 2.28 bits per heavy atom. The van der Waals surface area contributed by atoms with Gasteiger partial charge in [0.05, 0.1) is 10.6 Å². The van der Waals surface area contributed by atoms with Crippen LogP contribution in [0, 0.1) is 5.92 Å². The second kappa shape index (κ2) is 9.51. The smallest absolute Gasteiger partial charge is 0.253 e. The summed E-state index contributed by atoms with van der Waals surface area (Å²) in [6, 6.07) is 14.0. The lowest BCUT2D eigenvalue weighted by molar-refractivity contribution is -0.134. The molecule has 0 saturated carbocycles. The summed E-state index contributed by atoms with van der Waals surface area (Å²) in [4.78, 5) is 29.8. The van der Waals surface area contributed by atoms with Crippen LogP contribution in [0.25, 0.3) is 0 Å². The molecule has 1 aliphatic rings. The maximum Gasteiger partial charge on any atom is 0.253 e. The van der Waals surface area contributed by atoms with Gasteiger partial charge in [0.25, 0.3) is 5.91 Å². The van der Waals surface area contributed by atoms with Crippen LogP contribution in [0.4, 0.5) is 5.69 Å². The third kappa shape index (κ3) is 5.22. The Balaban J connectivity index is 1.64. The fourth-order valence-electron chi connectivity index (χ4n) is 3.43. The van der Waals surface area contributed by atoms with Crippen LogP contribution in [-0.4, -0.2) is 48.9 Å². The maximum atomic E-state index is 13.1. The molecule has 7 heteroatoms. The van der Waals surface area contributed by atoms with Crippen molar-refractivity contribution in [3.8, 4) is 0 Å². The van der Waals surface area contributed by atoms with Crippen LogP contribution in [0.2, 0.25) is 10.0 Å². The standard InChI is InChI=1S/C22H25Cl2N3O2/c1-15(2)20(25-21(28)18-8-3-4-9-19(18)24)22(29)27-12-10-26(11-13-27)17-7-5-6-16(23)14-17/h3-9,14-15,20H,10-13H2,1-2H3,(H,25,28). The molecular formula is C22H25Cl2N3O2. The maximum absolute atomic E-state index is 13.1. The number of nitrogens with one attached hydrogen (secondary N) is 1. The number of halogens is 2. The van der Waals surface area contributed by atoms with E-state index in [4.69, 9.17) is 23.2 Å². The number of carbonyl (C=O) groups is 2. The minimum Gasteiger partial charge on any atom is -0.368 e. The molecule has 1 N–H and O–H groups in total. The number of piperazine rings is 1. The molecule has 1 atom stereocenters. The van der Waals surface area contributed by atoms with Gasteiger partial charge in [-0.15, -0.1) is 0 Å². The van der Waals surface area contributed by atoms with Gasteiger partial charge in [0.1, 0.15) is 6.04 Å². The average Bonchev–Trinajstić information content (AvgIpc) is 2.71. The molecule has 0 radical (unpaired) electrons. The second-order valence-electron chi connectivity index (χ2n) is 7.47. The number of nitrogens with zero attached hydrogens (tertiary/aromatic N) is 2. The largest absolute Gasteiger partial charge is 0.368 e. The van der Waals surface area contributed by atoms with Crippen molar-refractivity contribution in [1.82, 2.24) is 10.2 Å². The zero-order valence-corrected chi connectivity index (χ0v) is 18.1. The second-order valence-corrected chi connectivity index (χ2v) is 8.31. The van der Waals surface area contributed by atoms with Crippen LogP contribution in [-0.2, 0) is 4.79 Å². The van der Waals surface area contributed by atoms with Crippen molar-refractivity contribution >= 4 is 40.7 Å². The van der Waals surface area contributed by atoms with Gasteiger partial charge in [-0.3, -0.25) is 9.59 Å². The summed E-state index contributed by atoms with van der Waals surface area (Å²) in [5.74, 6) is -0.439. The fraction of sp³-hybridized carbons (Fsp3) is 0.364. The summed E-state index contributed by atoms with van der Waals surface area (Å²) in [6.07, 6.45) is 0. The van der Waals surface area contributed by atoms with E-state index in [-0.39, 0.29) is 17.7 Å². The first-order valence-corrected chi connectivity index (χ1v) is 10.5. The Bertz CT molecular complexity index is 880. The number of hydrogen-bond acceptors (Lipinski definition) is 3. The molecule has 2 amide bonds. The zero-order valence-electron chi connectivity index (χ0n) is 16.6. The van der Waals surface area contributed by atoms with Gasteiger partial charge < -0.3 is 15.1 Å². The minimum atomic E-state index is -0.600. The van der Waals surface area contributed by atoms with E-state index < -0.39 is 6.04 Å². The molecule has 3 rings (SSSR count). The molecule has 154 valence electrons. The highest BCUT2D eigenvalue weighted by Gasteiger charge is 2.31. The SMILES string of the molecule is CC(C)C(NC(=O)c1ccccc1Cl)C(=O)N1CCN(c2cccc(Cl)c2)CC1. The molecular weight excluding hydrogens is 409 g/mol. The van der Waals surface area contributed by atoms with E-state index in [0.717, 1.165) is 18.8 Å². The van der Waals surface area contributed by atoms with Crippen molar-refractivity contribution in [2.45, 2.75) is 19.9 Å². The van der Waals surface area contributed by atoms with Crippen LogP contribution in [0.5, 0.6) is 0 Å². The summed E-state index contributed by atoms with van der Waals surface area (Å²) in [7, 11) is 0. The van der Waals surface area contributed by atoms with E-state index in [1.807, 2.05) is 43.0 Å². The van der Waals surface area contributed by atoms with Gasteiger partial charge in [0.2, 0.25) is 5.91 Å². The predicted octanol–water partition coefficient (Wildman–Crippen LogP) is 4.10. The van der Waals surface area contributed by atoms with Crippen LogP contribution in [0.3, 0.4) is 0 Å². The van der Waals surface area contributed by atoms with Crippen LogP contribution in [0.1, 0.15) is 24.2 Å².